The van der Waals surface area contributed by atoms with E-state index in [1.165, 1.54) is 12.8 Å². The van der Waals surface area contributed by atoms with Gasteiger partial charge < -0.3 is 9.47 Å². The summed E-state index contributed by atoms with van der Waals surface area (Å²) in [5.74, 6) is 2.70. The highest BCUT2D eigenvalue weighted by atomic mass is 35.5. The number of carbonyl (C=O) groups excluding carboxylic acids is 1. The highest BCUT2D eigenvalue weighted by Gasteiger charge is 2.67. The van der Waals surface area contributed by atoms with E-state index in [0.717, 1.165) is 18.3 Å². The SMILES string of the molecule is O=C(Nc1ccc(Cl)cc1)O[C@@H]1C[C@H]2C[C@@H]1[C@H]1C[C@H]3O[C@@H]3[C@H]21. The summed E-state index contributed by atoms with van der Waals surface area (Å²) in [6.07, 6.45) is 4.17. The van der Waals surface area contributed by atoms with E-state index in [4.69, 9.17) is 21.1 Å². The van der Waals surface area contributed by atoms with Crippen LogP contribution in [0.15, 0.2) is 24.3 Å². The van der Waals surface area contributed by atoms with Crippen LogP contribution in [0.5, 0.6) is 0 Å². The number of rotatable bonds is 2. The molecular formula is C17H18ClNO3. The normalized spacial score (nSPS) is 43.6. The fourth-order valence-electron chi connectivity index (χ4n) is 5.22. The van der Waals surface area contributed by atoms with Crippen LogP contribution >= 0.6 is 11.6 Å². The molecule has 4 aliphatic rings. The minimum atomic E-state index is -0.351. The lowest BCUT2D eigenvalue weighted by Gasteiger charge is -2.32. The molecule has 5 rings (SSSR count). The molecule has 3 aliphatic carbocycles. The Hall–Kier alpha value is -1.26. The number of fused-ring (bicyclic) bond motifs is 7. The molecule has 1 amide bonds. The summed E-state index contributed by atoms with van der Waals surface area (Å²) in [7, 11) is 0. The molecule has 1 heterocycles. The standard InChI is InChI=1S/C17H18ClNO3/c18-9-1-3-10(4-2-9)19-17(20)22-13-6-8-5-11(13)12-7-14-16(21-14)15(8)12/h1-4,8,11-16H,5-7H2,(H,19,20)/t8-,11-,12-,13-,14-,15-,16+/m1/s1. The number of anilines is 1. The van der Waals surface area contributed by atoms with Gasteiger partial charge >= 0.3 is 6.09 Å². The molecule has 22 heavy (non-hydrogen) atoms. The number of hydrogen-bond acceptors (Lipinski definition) is 3. The molecule has 5 heteroatoms. The average molecular weight is 320 g/mol. The fourth-order valence-corrected chi connectivity index (χ4v) is 5.35. The Kier molecular flexibility index (Phi) is 2.77. The molecule has 1 aliphatic heterocycles. The van der Waals surface area contributed by atoms with Crippen molar-refractivity contribution in [1.29, 1.82) is 0 Å². The summed E-state index contributed by atoms with van der Waals surface area (Å²) >= 11 is 5.84. The molecular weight excluding hydrogens is 302 g/mol. The second kappa shape index (κ2) is 4.62. The third kappa shape index (κ3) is 1.97. The molecule has 0 aromatic heterocycles. The van der Waals surface area contributed by atoms with Gasteiger partial charge in [-0.1, -0.05) is 11.6 Å². The maximum atomic E-state index is 12.1. The smallest absolute Gasteiger partial charge is 0.411 e. The average Bonchev–Trinajstić information content (AvgIpc) is 2.84. The zero-order valence-corrected chi connectivity index (χ0v) is 12.8. The first-order valence-corrected chi connectivity index (χ1v) is 8.45. The highest BCUT2D eigenvalue weighted by Crippen LogP contribution is 2.64. The molecule has 1 aromatic carbocycles. The monoisotopic (exact) mass is 319 g/mol. The van der Waals surface area contributed by atoms with Gasteiger partial charge in [-0.15, -0.1) is 0 Å². The molecule has 0 radical (unpaired) electrons. The van der Waals surface area contributed by atoms with Crippen molar-refractivity contribution in [2.24, 2.45) is 23.7 Å². The van der Waals surface area contributed by atoms with E-state index in [-0.39, 0.29) is 12.2 Å². The quantitative estimate of drug-likeness (QED) is 0.846. The van der Waals surface area contributed by atoms with E-state index < -0.39 is 0 Å². The molecule has 2 bridgehead atoms. The molecule has 0 unspecified atom stereocenters. The molecule has 3 saturated carbocycles. The second-order valence-corrected chi connectivity index (χ2v) is 7.52. The lowest BCUT2D eigenvalue weighted by atomic mass is 9.79. The van der Waals surface area contributed by atoms with Gasteiger partial charge in [-0.05, 0) is 67.2 Å². The van der Waals surface area contributed by atoms with Crippen molar-refractivity contribution in [2.75, 3.05) is 5.32 Å². The van der Waals surface area contributed by atoms with Gasteiger partial charge in [-0.3, -0.25) is 5.32 Å². The Balaban J connectivity index is 1.22. The molecule has 7 atom stereocenters. The molecule has 1 aromatic rings. The van der Waals surface area contributed by atoms with Gasteiger partial charge in [0, 0.05) is 10.7 Å². The van der Waals surface area contributed by atoms with Gasteiger partial charge in [-0.2, -0.15) is 0 Å². The van der Waals surface area contributed by atoms with Crippen molar-refractivity contribution < 1.29 is 14.3 Å². The van der Waals surface area contributed by atoms with Gasteiger partial charge in [0.25, 0.3) is 0 Å². The Morgan fingerprint density at radius 3 is 2.82 bits per heavy atom. The van der Waals surface area contributed by atoms with Crippen LogP contribution in [0.2, 0.25) is 5.02 Å². The number of nitrogens with one attached hydrogen (secondary N) is 1. The summed E-state index contributed by atoms with van der Waals surface area (Å²) in [4.78, 5) is 12.1. The number of benzene rings is 1. The van der Waals surface area contributed by atoms with Crippen LogP contribution < -0.4 is 5.32 Å². The number of amides is 1. The van der Waals surface area contributed by atoms with Gasteiger partial charge in [0.2, 0.25) is 0 Å². The van der Waals surface area contributed by atoms with E-state index in [1.54, 1.807) is 24.3 Å². The van der Waals surface area contributed by atoms with Crippen molar-refractivity contribution in [3.63, 3.8) is 0 Å². The van der Waals surface area contributed by atoms with Crippen LogP contribution in [0.25, 0.3) is 0 Å². The number of halogens is 1. The third-order valence-electron chi connectivity index (χ3n) is 6.03. The molecule has 116 valence electrons. The number of ether oxygens (including phenoxy) is 2. The largest absolute Gasteiger partial charge is 0.446 e. The molecule has 0 spiro atoms. The van der Waals surface area contributed by atoms with Gasteiger partial charge in [0.05, 0.1) is 12.2 Å². The Morgan fingerprint density at radius 1 is 1.18 bits per heavy atom. The topological polar surface area (TPSA) is 50.9 Å². The van der Waals surface area contributed by atoms with E-state index in [2.05, 4.69) is 5.32 Å². The highest BCUT2D eigenvalue weighted by molar-refractivity contribution is 6.30. The Morgan fingerprint density at radius 2 is 2.00 bits per heavy atom. The third-order valence-corrected chi connectivity index (χ3v) is 6.28. The zero-order valence-electron chi connectivity index (χ0n) is 12.1. The number of carbonyl (C=O) groups is 1. The van der Waals surface area contributed by atoms with E-state index in [1.807, 2.05) is 0 Å². The van der Waals surface area contributed by atoms with Gasteiger partial charge in [0.15, 0.2) is 0 Å². The molecule has 1 N–H and O–H groups in total. The first-order chi connectivity index (χ1) is 10.7. The lowest BCUT2D eigenvalue weighted by molar-refractivity contribution is 0.0251. The van der Waals surface area contributed by atoms with Crippen LogP contribution in [-0.4, -0.2) is 24.4 Å². The maximum absolute atomic E-state index is 12.1. The minimum absolute atomic E-state index is 0.0797. The van der Waals surface area contributed by atoms with Crippen LogP contribution in [0.4, 0.5) is 10.5 Å². The van der Waals surface area contributed by atoms with Crippen molar-refractivity contribution in [1.82, 2.24) is 0 Å². The van der Waals surface area contributed by atoms with Crippen LogP contribution in [0.3, 0.4) is 0 Å². The van der Waals surface area contributed by atoms with E-state index >= 15 is 0 Å². The first-order valence-electron chi connectivity index (χ1n) is 8.08. The van der Waals surface area contributed by atoms with Crippen molar-refractivity contribution in [3.8, 4) is 0 Å². The van der Waals surface area contributed by atoms with Gasteiger partial charge in [0.1, 0.15) is 6.10 Å². The number of hydrogen-bond donors (Lipinski definition) is 1. The summed E-state index contributed by atoms with van der Waals surface area (Å²) in [6, 6.07) is 7.07. The summed E-state index contributed by atoms with van der Waals surface area (Å²) in [6.45, 7) is 0. The lowest BCUT2D eigenvalue weighted by Crippen LogP contribution is -2.35. The predicted octanol–water partition coefficient (Wildman–Crippen LogP) is 3.70. The van der Waals surface area contributed by atoms with E-state index in [9.17, 15) is 4.79 Å². The minimum Gasteiger partial charge on any atom is -0.446 e. The predicted molar refractivity (Wildman–Crippen MR) is 81.8 cm³/mol. The summed E-state index contributed by atoms with van der Waals surface area (Å²) in [5.41, 5.74) is 0.714. The Labute approximate surface area is 134 Å². The summed E-state index contributed by atoms with van der Waals surface area (Å²) in [5, 5.41) is 3.44. The van der Waals surface area contributed by atoms with E-state index in [0.29, 0.717) is 34.8 Å². The maximum Gasteiger partial charge on any atom is 0.411 e. The zero-order chi connectivity index (χ0) is 14.8. The van der Waals surface area contributed by atoms with Crippen LogP contribution in [0.1, 0.15) is 19.3 Å². The van der Waals surface area contributed by atoms with Crippen molar-refractivity contribution >= 4 is 23.4 Å². The van der Waals surface area contributed by atoms with Crippen LogP contribution in [-0.2, 0) is 9.47 Å². The Bertz CT molecular complexity index is 619. The fraction of sp³-hybridized carbons (Fsp3) is 0.588. The summed E-state index contributed by atoms with van der Waals surface area (Å²) < 4.78 is 11.4. The van der Waals surface area contributed by atoms with Crippen molar-refractivity contribution in [2.45, 2.75) is 37.6 Å². The second-order valence-electron chi connectivity index (χ2n) is 7.09. The van der Waals surface area contributed by atoms with Crippen LogP contribution in [0, 0.1) is 23.7 Å². The van der Waals surface area contributed by atoms with Gasteiger partial charge in [-0.25, -0.2) is 4.79 Å². The van der Waals surface area contributed by atoms with Crippen molar-refractivity contribution in [3.05, 3.63) is 29.3 Å². The first kappa shape index (κ1) is 13.2. The molecule has 4 fully saturated rings. The molecule has 4 nitrogen and oxygen atoms in total. The number of epoxide rings is 1. The molecule has 1 saturated heterocycles.